The highest BCUT2D eigenvalue weighted by Gasteiger charge is 2.18. The summed E-state index contributed by atoms with van der Waals surface area (Å²) in [5.41, 5.74) is 12.4. The van der Waals surface area contributed by atoms with Crippen LogP contribution in [0.4, 0.5) is 0 Å². The molecule has 12 rings (SSSR count). The summed E-state index contributed by atoms with van der Waals surface area (Å²) < 4.78 is 8.95. The lowest BCUT2D eigenvalue weighted by Crippen LogP contribution is -2.00. The van der Waals surface area contributed by atoms with E-state index in [1.165, 1.54) is 32.6 Å². The van der Waals surface area contributed by atoms with Gasteiger partial charge >= 0.3 is 0 Å². The summed E-state index contributed by atoms with van der Waals surface area (Å²) in [6.45, 7) is 0. The number of aromatic nitrogens is 4. The molecular formula is C55H34N4O. The first-order chi connectivity index (χ1) is 29.7. The first-order valence-corrected chi connectivity index (χ1v) is 20.2. The molecule has 0 bridgehead atoms. The van der Waals surface area contributed by atoms with Gasteiger partial charge in [-0.15, -0.1) is 0 Å². The summed E-state index contributed by atoms with van der Waals surface area (Å²) >= 11 is 0. The van der Waals surface area contributed by atoms with Crippen molar-refractivity contribution in [1.29, 1.82) is 0 Å². The van der Waals surface area contributed by atoms with Crippen LogP contribution in [0.5, 0.6) is 0 Å². The van der Waals surface area contributed by atoms with E-state index in [0.29, 0.717) is 17.5 Å². The minimum absolute atomic E-state index is 0.624. The monoisotopic (exact) mass is 766 g/mol. The number of rotatable bonds is 6. The van der Waals surface area contributed by atoms with Gasteiger partial charge in [0.05, 0.1) is 11.0 Å². The number of fused-ring (bicyclic) bond motifs is 7. The van der Waals surface area contributed by atoms with Crippen molar-refractivity contribution in [2.24, 2.45) is 0 Å². The molecule has 9 aromatic carbocycles. The van der Waals surface area contributed by atoms with Gasteiger partial charge in [0.15, 0.2) is 17.5 Å². The highest BCUT2D eigenvalue weighted by molar-refractivity contribution is 6.15. The summed E-state index contributed by atoms with van der Waals surface area (Å²) in [5.74, 6) is 1.90. The van der Waals surface area contributed by atoms with Gasteiger partial charge in [0.1, 0.15) is 11.2 Å². The molecule has 3 heterocycles. The predicted octanol–water partition coefficient (Wildman–Crippen LogP) is 14.4. The predicted molar refractivity (Wildman–Crippen MR) is 246 cm³/mol. The van der Waals surface area contributed by atoms with Crippen LogP contribution in [0.3, 0.4) is 0 Å². The molecule has 0 aliphatic carbocycles. The van der Waals surface area contributed by atoms with E-state index in [4.69, 9.17) is 19.4 Å². The number of benzene rings is 9. The van der Waals surface area contributed by atoms with Gasteiger partial charge < -0.3 is 8.98 Å². The number of furan rings is 1. The van der Waals surface area contributed by atoms with E-state index < -0.39 is 0 Å². The Kier molecular flexibility index (Phi) is 7.78. The lowest BCUT2D eigenvalue weighted by Gasteiger charge is -2.12. The van der Waals surface area contributed by atoms with Gasteiger partial charge in [0.25, 0.3) is 0 Å². The first-order valence-electron chi connectivity index (χ1n) is 20.2. The fourth-order valence-electron chi connectivity index (χ4n) is 8.72. The van der Waals surface area contributed by atoms with Gasteiger partial charge in [-0.2, -0.15) is 0 Å². The van der Waals surface area contributed by atoms with Crippen LogP contribution < -0.4 is 0 Å². The maximum atomic E-state index is 6.56. The molecule has 280 valence electrons. The van der Waals surface area contributed by atoms with Crippen LogP contribution in [-0.2, 0) is 0 Å². The summed E-state index contributed by atoms with van der Waals surface area (Å²) in [6.07, 6.45) is 0. The molecule has 0 atom stereocenters. The normalized spacial score (nSPS) is 11.7. The Morgan fingerprint density at radius 2 is 0.867 bits per heavy atom. The Balaban J connectivity index is 0.967. The third kappa shape index (κ3) is 5.67. The number of hydrogen-bond donors (Lipinski definition) is 0. The summed E-state index contributed by atoms with van der Waals surface area (Å²) in [6, 6.07) is 72.3. The molecule has 0 radical (unpaired) electrons. The SMILES string of the molecule is c1ccc(-c2nc(-c3ccccc3)nc(-c3ccc(-c4cc(-c5ccc(-n6c7ccccc7c7cc8ccccc8cc76)cc5)cc5oc6ccccc6c45)cc3)n2)cc1. The molecule has 12 aromatic rings. The third-order valence-corrected chi connectivity index (χ3v) is 11.6. The van der Waals surface area contributed by atoms with Crippen LogP contribution in [0.2, 0.25) is 0 Å². The van der Waals surface area contributed by atoms with Crippen LogP contribution >= 0.6 is 0 Å². The fraction of sp³-hybridized carbons (Fsp3) is 0. The van der Waals surface area contributed by atoms with Gasteiger partial charge in [-0.1, -0.05) is 158 Å². The molecular weight excluding hydrogens is 733 g/mol. The standard InChI is InChI=1S/C55H34N4O/c1-3-13-37(14-4-1)53-56-54(38-15-5-2-6-16-38)58-55(57-53)39-25-23-36(24-26-39)46-32-42(34-51-52(46)45-20-10-12-22-50(45)60-51)35-27-29-43(30-28-35)59-48-21-11-9-19-44(48)47-31-40-17-7-8-18-41(40)33-49(47)59/h1-34H. The van der Waals surface area contributed by atoms with Gasteiger partial charge in [-0.3, -0.25) is 0 Å². The molecule has 0 N–H and O–H groups in total. The van der Waals surface area contributed by atoms with Gasteiger partial charge in [-0.25, -0.2) is 15.0 Å². The minimum atomic E-state index is 0.624. The summed E-state index contributed by atoms with van der Waals surface area (Å²) in [4.78, 5) is 14.8. The van der Waals surface area contributed by atoms with Crippen LogP contribution in [-0.4, -0.2) is 19.5 Å². The summed E-state index contributed by atoms with van der Waals surface area (Å²) in [7, 11) is 0. The molecule has 5 nitrogen and oxygen atoms in total. The second kappa shape index (κ2) is 13.8. The smallest absolute Gasteiger partial charge is 0.164 e. The molecule has 0 aliphatic rings. The Hall–Kier alpha value is -8.15. The summed E-state index contributed by atoms with van der Waals surface area (Å²) in [5, 5.41) is 7.15. The molecule has 0 saturated heterocycles. The maximum Gasteiger partial charge on any atom is 0.164 e. The van der Waals surface area contributed by atoms with E-state index in [1.807, 2.05) is 72.8 Å². The van der Waals surface area contributed by atoms with Gasteiger partial charge in [-0.05, 0) is 81.6 Å². The average Bonchev–Trinajstić information content (AvgIpc) is 3.86. The lowest BCUT2D eigenvalue weighted by atomic mass is 9.94. The van der Waals surface area contributed by atoms with Crippen LogP contribution in [0.25, 0.3) is 117 Å². The molecule has 3 aromatic heterocycles. The van der Waals surface area contributed by atoms with E-state index in [0.717, 1.165) is 66.6 Å². The molecule has 0 aliphatic heterocycles. The maximum absolute atomic E-state index is 6.56. The van der Waals surface area contributed by atoms with E-state index in [2.05, 4.69) is 138 Å². The number of nitrogens with zero attached hydrogens (tertiary/aromatic N) is 4. The lowest BCUT2D eigenvalue weighted by molar-refractivity contribution is 0.669. The minimum Gasteiger partial charge on any atom is -0.456 e. The first kappa shape index (κ1) is 33.9. The highest BCUT2D eigenvalue weighted by Crippen LogP contribution is 2.41. The van der Waals surface area contributed by atoms with Crippen molar-refractivity contribution in [3.8, 4) is 62.1 Å². The second-order valence-corrected chi connectivity index (χ2v) is 15.2. The number of hydrogen-bond acceptors (Lipinski definition) is 4. The van der Waals surface area contributed by atoms with Crippen molar-refractivity contribution in [3.05, 3.63) is 206 Å². The molecule has 0 unspecified atom stereocenters. The fourth-order valence-corrected chi connectivity index (χ4v) is 8.72. The van der Waals surface area contributed by atoms with Crippen molar-refractivity contribution < 1.29 is 4.42 Å². The Labute approximate surface area is 345 Å². The largest absolute Gasteiger partial charge is 0.456 e. The van der Waals surface area contributed by atoms with E-state index in [9.17, 15) is 0 Å². The Morgan fingerprint density at radius 1 is 0.333 bits per heavy atom. The molecule has 5 heteroatoms. The molecule has 0 amide bonds. The highest BCUT2D eigenvalue weighted by atomic mass is 16.3. The third-order valence-electron chi connectivity index (χ3n) is 11.6. The zero-order valence-corrected chi connectivity index (χ0v) is 32.3. The molecule has 0 saturated carbocycles. The zero-order valence-electron chi connectivity index (χ0n) is 32.3. The topological polar surface area (TPSA) is 56.7 Å². The Morgan fingerprint density at radius 3 is 1.55 bits per heavy atom. The second-order valence-electron chi connectivity index (χ2n) is 15.2. The van der Waals surface area contributed by atoms with Crippen molar-refractivity contribution in [2.75, 3.05) is 0 Å². The molecule has 0 spiro atoms. The number of para-hydroxylation sites is 2. The van der Waals surface area contributed by atoms with Crippen LogP contribution in [0, 0.1) is 0 Å². The Bertz CT molecular complexity index is 3510. The van der Waals surface area contributed by atoms with E-state index >= 15 is 0 Å². The van der Waals surface area contributed by atoms with Crippen molar-refractivity contribution in [2.45, 2.75) is 0 Å². The van der Waals surface area contributed by atoms with Gasteiger partial charge in [0, 0.05) is 43.9 Å². The van der Waals surface area contributed by atoms with Crippen molar-refractivity contribution in [3.63, 3.8) is 0 Å². The van der Waals surface area contributed by atoms with Crippen molar-refractivity contribution in [1.82, 2.24) is 19.5 Å². The van der Waals surface area contributed by atoms with Crippen molar-refractivity contribution >= 4 is 54.5 Å². The van der Waals surface area contributed by atoms with Gasteiger partial charge in [0.2, 0.25) is 0 Å². The average molecular weight is 767 g/mol. The zero-order chi connectivity index (χ0) is 39.6. The molecule has 0 fully saturated rings. The van der Waals surface area contributed by atoms with E-state index in [-0.39, 0.29) is 0 Å². The van der Waals surface area contributed by atoms with Crippen LogP contribution in [0.15, 0.2) is 211 Å². The molecule has 60 heavy (non-hydrogen) atoms. The van der Waals surface area contributed by atoms with Crippen LogP contribution in [0.1, 0.15) is 0 Å². The van der Waals surface area contributed by atoms with E-state index in [1.54, 1.807) is 0 Å². The quantitative estimate of drug-likeness (QED) is 0.169.